The molecule has 3 rings (SSSR count). The SMILES string of the molecule is CCCCn1c(O)c2ccc(C(=O)N=NC(=O)C(C)Oc3ccccc3F)cc2c1O. The summed E-state index contributed by atoms with van der Waals surface area (Å²) in [5.74, 6) is -2.65. The van der Waals surface area contributed by atoms with Crippen LogP contribution in [-0.2, 0) is 11.3 Å². The number of aromatic nitrogens is 1. The van der Waals surface area contributed by atoms with Crippen molar-refractivity contribution in [2.75, 3.05) is 0 Å². The third kappa shape index (κ3) is 4.71. The molecule has 1 aromatic heterocycles. The maximum absolute atomic E-state index is 13.6. The highest BCUT2D eigenvalue weighted by molar-refractivity contribution is 6.02. The number of amides is 2. The van der Waals surface area contributed by atoms with Gasteiger partial charge in [0.1, 0.15) is 0 Å². The number of carbonyl (C=O) groups excluding carboxylic acids is 2. The first-order chi connectivity index (χ1) is 14.8. The molecule has 162 valence electrons. The smallest absolute Gasteiger partial charge is 0.304 e. The zero-order valence-electron chi connectivity index (χ0n) is 17.1. The van der Waals surface area contributed by atoms with E-state index in [0.29, 0.717) is 11.9 Å². The average Bonchev–Trinajstić information content (AvgIpc) is 3.01. The van der Waals surface area contributed by atoms with E-state index in [-0.39, 0.29) is 28.5 Å². The first-order valence-electron chi connectivity index (χ1n) is 9.78. The van der Waals surface area contributed by atoms with Crippen molar-refractivity contribution >= 4 is 22.6 Å². The van der Waals surface area contributed by atoms with Gasteiger partial charge in [0, 0.05) is 22.9 Å². The lowest BCUT2D eigenvalue weighted by molar-refractivity contribution is -0.124. The molecule has 0 aliphatic heterocycles. The molecular formula is C22H22FN3O5. The van der Waals surface area contributed by atoms with Crippen LogP contribution in [0, 0.1) is 5.82 Å². The number of halogens is 1. The van der Waals surface area contributed by atoms with Gasteiger partial charge in [0.25, 0.3) is 5.91 Å². The number of rotatable bonds is 7. The molecule has 8 nitrogen and oxygen atoms in total. The van der Waals surface area contributed by atoms with E-state index >= 15 is 0 Å². The van der Waals surface area contributed by atoms with Gasteiger partial charge < -0.3 is 14.9 Å². The topological polar surface area (TPSA) is 113 Å². The van der Waals surface area contributed by atoms with Crippen LogP contribution in [0.1, 0.15) is 37.0 Å². The Bertz CT molecular complexity index is 1160. The highest BCUT2D eigenvalue weighted by Gasteiger charge is 2.19. The standard InChI is InChI=1S/C22H22FN3O5/c1-3-4-11-26-21(29)15-10-9-14(12-16(15)22(26)30)20(28)25-24-19(27)13(2)31-18-8-6-5-7-17(18)23/h5-10,12-13,29-30H,3-4,11H2,1-2H3. The van der Waals surface area contributed by atoms with Crippen LogP contribution in [0.2, 0.25) is 0 Å². The Labute approximate surface area is 177 Å². The second-order valence-corrected chi connectivity index (χ2v) is 6.95. The van der Waals surface area contributed by atoms with Crippen LogP contribution in [0.3, 0.4) is 0 Å². The first-order valence-corrected chi connectivity index (χ1v) is 9.78. The number of aromatic hydroxyl groups is 2. The van der Waals surface area contributed by atoms with Crippen molar-refractivity contribution < 1.29 is 28.9 Å². The minimum atomic E-state index is -1.15. The molecule has 0 fully saturated rings. The quantitative estimate of drug-likeness (QED) is 0.536. The Morgan fingerprint density at radius 3 is 2.52 bits per heavy atom. The molecule has 9 heteroatoms. The Kier molecular flexibility index (Phi) is 6.64. The predicted octanol–water partition coefficient (Wildman–Crippen LogP) is 4.58. The number of hydrogen-bond acceptors (Lipinski definition) is 5. The van der Waals surface area contributed by atoms with Gasteiger partial charge in [-0.25, -0.2) is 4.39 Å². The summed E-state index contributed by atoms with van der Waals surface area (Å²) in [5, 5.41) is 28.1. The summed E-state index contributed by atoms with van der Waals surface area (Å²) in [5.41, 5.74) is 0.0784. The Morgan fingerprint density at radius 2 is 1.81 bits per heavy atom. The number of azo groups is 1. The van der Waals surface area contributed by atoms with Crippen molar-refractivity contribution in [2.45, 2.75) is 39.3 Å². The van der Waals surface area contributed by atoms with E-state index in [1.807, 2.05) is 6.92 Å². The minimum absolute atomic E-state index is 0.0784. The van der Waals surface area contributed by atoms with E-state index in [1.165, 1.54) is 47.9 Å². The van der Waals surface area contributed by atoms with Crippen LogP contribution in [0.5, 0.6) is 17.5 Å². The van der Waals surface area contributed by atoms with Crippen LogP contribution >= 0.6 is 0 Å². The van der Waals surface area contributed by atoms with E-state index < -0.39 is 23.7 Å². The van der Waals surface area contributed by atoms with Crippen molar-refractivity contribution in [1.29, 1.82) is 0 Å². The van der Waals surface area contributed by atoms with Gasteiger partial charge in [-0.2, -0.15) is 0 Å². The zero-order valence-corrected chi connectivity index (χ0v) is 17.1. The molecule has 1 unspecified atom stereocenters. The lowest BCUT2D eigenvalue weighted by atomic mass is 10.1. The van der Waals surface area contributed by atoms with Crippen molar-refractivity contribution in [3.63, 3.8) is 0 Å². The van der Waals surface area contributed by atoms with Crippen LogP contribution in [-0.4, -0.2) is 32.7 Å². The third-order valence-corrected chi connectivity index (χ3v) is 4.72. The highest BCUT2D eigenvalue weighted by Crippen LogP contribution is 2.37. The van der Waals surface area contributed by atoms with Crippen molar-refractivity contribution in [1.82, 2.24) is 4.57 Å². The molecule has 1 heterocycles. The van der Waals surface area contributed by atoms with Gasteiger partial charge in [0.2, 0.25) is 11.8 Å². The molecule has 0 saturated heterocycles. The largest absolute Gasteiger partial charge is 0.494 e. The number of para-hydroxylation sites is 1. The molecule has 0 aliphatic rings. The molecule has 0 spiro atoms. The normalized spacial score (nSPS) is 12.4. The second-order valence-electron chi connectivity index (χ2n) is 6.95. The Balaban J connectivity index is 1.74. The molecule has 2 N–H and O–H groups in total. The van der Waals surface area contributed by atoms with E-state index in [0.717, 1.165) is 12.8 Å². The Morgan fingerprint density at radius 1 is 1.10 bits per heavy atom. The lowest BCUT2D eigenvalue weighted by Crippen LogP contribution is -2.22. The molecule has 0 aliphatic carbocycles. The molecule has 3 aromatic rings. The zero-order chi connectivity index (χ0) is 22.5. The molecular weight excluding hydrogens is 405 g/mol. The number of ether oxygens (including phenoxy) is 1. The lowest BCUT2D eigenvalue weighted by Gasteiger charge is -2.10. The molecule has 2 amide bonds. The summed E-state index contributed by atoms with van der Waals surface area (Å²) in [7, 11) is 0. The summed E-state index contributed by atoms with van der Waals surface area (Å²) in [6.45, 7) is 3.78. The molecule has 2 aromatic carbocycles. The molecule has 1 atom stereocenters. The fraction of sp³-hybridized carbons (Fsp3) is 0.273. The number of hydrogen-bond donors (Lipinski definition) is 2. The van der Waals surface area contributed by atoms with Gasteiger partial charge in [0.15, 0.2) is 17.7 Å². The maximum Gasteiger partial charge on any atom is 0.304 e. The molecule has 31 heavy (non-hydrogen) atoms. The number of nitrogens with zero attached hydrogens (tertiary/aromatic N) is 3. The van der Waals surface area contributed by atoms with E-state index in [1.54, 1.807) is 6.07 Å². The molecule has 0 bridgehead atoms. The highest BCUT2D eigenvalue weighted by atomic mass is 19.1. The van der Waals surface area contributed by atoms with Gasteiger partial charge in [-0.3, -0.25) is 14.2 Å². The average molecular weight is 427 g/mol. The third-order valence-electron chi connectivity index (χ3n) is 4.72. The van der Waals surface area contributed by atoms with E-state index in [2.05, 4.69) is 10.2 Å². The van der Waals surface area contributed by atoms with Gasteiger partial charge >= 0.3 is 5.91 Å². The summed E-state index contributed by atoms with van der Waals surface area (Å²) in [6.07, 6.45) is 0.492. The van der Waals surface area contributed by atoms with Crippen LogP contribution in [0.25, 0.3) is 10.8 Å². The van der Waals surface area contributed by atoms with Gasteiger partial charge in [-0.15, -0.1) is 10.2 Å². The molecule has 0 saturated carbocycles. The van der Waals surface area contributed by atoms with Crippen LogP contribution in [0.15, 0.2) is 52.7 Å². The second kappa shape index (κ2) is 9.38. The van der Waals surface area contributed by atoms with Crippen molar-refractivity contribution in [3.8, 4) is 17.5 Å². The summed E-state index contributed by atoms with van der Waals surface area (Å²) in [6, 6.07) is 9.87. The minimum Gasteiger partial charge on any atom is -0.494 e. The van der Waals surface area contributed by atoms with E-state index in [4.69, 9.17) is 4.74 Å². The van der Waals surface area contributed by atoms with E-state index in [9.17, 15) is 24.2 Å². The number of unbranched alkanes of at least 4 members (excludes halogenated alkanes) is 1. The summed E-state index contributed by atoms with van der Waals surface area (Å²) < 4.78 is 20.2. The Hall–Kier alpha value is -3.75. The van der Waals surface area contributed by atoms with Crippen molar-refractivity contribution in [2.24, 2.45) is 10.2 Å². The predicted molar refractivity (Wildman–Crippen MR) is 111 cm³/mol. The number of fused-ring (bicyclic) bond motifs is 1. The van der Waals surface area contributed by atoms with Gasteiger partial charge in [-0.05, 0) is 43.7 Å². The summed E-state index contributed by atoms with van der Waals surface area (Å²) >= 11 is 0. The summed E-state index contributed by atoms with van der Waals surface area (Å²) in [4.78, 5) is 24.4. The fourth-order valence-electron chi connectivity index (χ4n) is 2.99. The monoisotopic (exact) mass is 427 g/mol. The number of benzene rings is 2. The first kappa shape index (κ1) is 21.9. The molecule has 0 radical (unpaired) electrons. The fourth-order valence-corrected chi connectivity index (χ4v) is 2.99. The van der Waals surface area contributed by atoms with Crippen LogP contribution < -0.4 is 4.74 Å². The van der Waals surface area contributed by atoms with Gasteiger partial charge in [0.05, 0.1) is 0 Å². The van der Waals surface area contributed by atoms with Gasteiger partial charge in [-0.1, -0.05) is 25.5 Å². The van der Waals surface area contributed by atoms with Crippen LogP contribution in [0.4, 0.5) is 4.39 Å². The maximum atomic E-state index is 13.6. The number of carbonyl (C=O) groups is 2. The van der Waals surface area contributed by atoms with Crippen molar-refractivity contribution in [3.05, 3.63) is 53.8 Å².